The summed E-state index contributed by atoms with van der Waals surface area (Å²) in [4.78, 5) is 0. The number of methoxy groups -OCH3 is 2. The van der Waals surface area contributed by atoms with Gasteiger partial charge in [-0.25, -0.2) is 0 Å². The van der Waals surface area contributed by atoms with Gasteiger partial charge in [-0.3, -0.25) is 0 Å². The van der Waals surface area contributed by atoms with Crippen molar-refractivity contribution in [2.24, 2.45) is 0 Å². The molecule has 0 heterocycles. The SMILES string of the molecule is COc1ccc([I+]c2c3ccc(c2OC)CCc2ccc(cc2)CC3)cc1. The minimum absolute atomic E-state index is 0.312. The highest BCUT2D eigenvalue weighted by Gasteiger charge is 2.28. The molecule has 4 aliphatic rings. The lowest BCUT2D eigenvalue weighted by Crippen LogP contribution is -3.61. The van der Waals surface area contributed by atoms with E-state index in [1.54, 1.807) is 7.11 Å². The van der Waals surface area contributed by atoms with E-state index in [1.807, 2.05) is 7.11 Å². The normalized spacial score (nSPS) is 13.1. The first-order valence-corrected chi connectivity index (χ1v) is 11.5. The van der Waals surface area contributed by atoms with Gasteiger partial charge in [0.1, 0.15) is 5.75 Å². The van der Waals surface area contributed by atoms with Crippen LogP contribution in [-0.2, 0) is 25.7 Å². The van der Waals surface area contributed by atoms with Crippen LogP contribution in [0.4, 0.5) is 0 Å². The summed E-state index contributed by atoms with van der Waals surface area (Å²) in [5, 5.41) is 0. The van der Waals surface area contributed by atoms with Crippen molar-refractivity contribution in [2.45, 2.75) is 25.7 Å². The first-order chi connectivity index (χ1) is 13.3. The summed E-state index contributed by atoms with van der Waals surface area (Å²) in [6, 6.07) is 22.3. The van der Waals surface area contributed by atoms with Crippen molar-refractivity contribution in [3.8, 4) is 11.5 Å². The van der Waals surface area contributed by atoms with Crippen molar-refractivity contribution in [1.82, 2.24) is 0 Å². The molecule has 0 fully saturated rings. The van der Waals surface area contributed by atoms with Crippen LogP contribution in [0.1, 0.15) is 22.3 Å². The fraction of sp³-hybridized carbons (Fsp3) is 0.250. The number of ether oxygens (including phenoxy) is 2. The third-order valence-corrected chi connectivity index (χ3v) is 8.17. The van der Waals surface area contributed by atoms with Crippen molar-refractivity contribution in [3.63, 3.8) is 0 Å². The van der Waals surface area contributed by atoms with Gasteiger partial charge in [0.25, 0.3) is 0 Å². The third kappa shape index (κ3) is 4.13. The summed E-state index contributed by atoms with van der Waals surface area (Å²) >= 11 is -0.312. The van der Waals surface area contributed by atoms with E-state index in [2.05, 4.69) is 60.7 Å². The Morgan fingerprint density at radius 2 is 1.22 bits per heavy atom. The Morgan fingerprint density at radius 3 is 1.81 bits per heavy atom. The molecule has 2 nitrogen and oxygen atoms in total. The number of aryl methyl sites for hydroxylation is 4. The van der Waals surface area contributed by atoms with Crippen LogP contribution in [0, 0.1) is 7.14 Å². The van der Waals surface area contributed by atoms with Crippen LogP contribution >= 0.6 is 0 Å². The van der Waals surface area contributed by atoms with Gasteiger partial charge in [-0.1, -0.05) is 36.4 Å². The van der Waals surface area contributed by atoms with Crippen LogP contribution in [0.2, 0.25) is 0 Å². The van der Waals surface area contributed by atoms with Crippen molar-refractivity contribution in [2.75, 3.05) is 14.2 Å². The molecule has 138 valence electrons. The summed E-state index contributed by atoms with van der Waals surface area (Å²) in [6.45, 7) is 0. The lowest BCUT2D eigenvalue weighted by Gasteiger charge is -2.14. The second-order valence-electron chi connectivity index (χ2n) is 6.80. The Hall–Kier alpha value is -2.01. The minimum Gasteiger partial charge on any atom is -0.497 e. The van der Waals surface area contributed by atoms with Crippen molar-refractivity contribution >= 4 is 0 Å². The number of hydrogen-bond donors (Lipinski definition) is 0. The van der Waals surface area contributed by atoms with E-state index in [1.165, 1.54) is 29.4 Å². The number of benzene rings is 3. The maximum atomic E-state index is 5.96. The van der Waals surface area contributed by atoms with Gasteiger partial charge >= 0.3 is 21.2 Å². The van der Waals surface area contributed by atoms with Crippen molar-refractivity contribution in [1.29, 1.82) is 0 Å². The van der Waals surface area contributed by atoms with E-state index < -0.39 is 0 Å². The molecular formula is C24H24IO2+. The third-order valence-electron chi connectivity index (χ3n) is 5.10. The van der Waals surface area contributed by atoms with Crippen molar-refractivity contribution < 1.29 is 30.7 Å². The average Bonchev–Trinajstić information content (AvgIpc) is 2.71. The smallest absolute Gasteiger partial charge is 0.362 e. The van der Waals surface area contributed by atoms with Crippen LogP contribution in [0.3, 0.4) is 0 Å². The molecule has 0 unspecified atom stereocenters. The number of hydrogen-bond acceptors (Lipinski definition) is 2. The number of rotatable bonds is 4. The highest BCUT2D eigenvalue weighted by Crippen LogP contribution is 2.25. The number of halogens is 1. The summed E-state index contributed by atoms with van der Waals surface area (Å²) in [5.74, 6) is 2.03. The zero-order valence-electron chi connectivity index (χ0n) is 15.8. The maximum Gasteiger partial charge on any atom is 0.362 e. The molecule has 4 bridgehead atoms. The van der Waals surface area contributed by atoms with Gasteiger partial charge in [0.05, 0.1) is 14.2 Å². The van der Waals surface area contributed by atoms with Crippen LogP contribution in [0.15, 0.2) is 60.7 Å². The van der Waals surface area contributed by atoms with Crippen LogP contribution < -0.4 is 30.7 Å². The summed E-state index contributed by atoms with van der Waals surface area (Å²) in [7, 11) is 3.54. The second kappa shape index (κ2) is 8.34. The molecule has 3 aromatic rings. The summed E-state index contributed by atoms with van der Waals surface area (Å²) in [6.07, 6.45) is 4.20. The van der Waals surface area contributed by atoms with E-state index in [-0.39, 0.29) is 21.2 Å². The van der Waals surface area contributed by atoms with Crippen LogP contribution in [-0.4, -0.2) is 14.2 Å². The molecule has 0 aromatic heterocycles. The molecule has 0 saturated heterocycles. The van der Waals surface area contributed by atoms with Gasteiger partial charge in [0.15, 0.2) is 9.32 Å². The van der Waals surface area contributed by atoms with E-state index in [4.69, 9.17) is 9.47 Å². The molecule has 7 rings (SSSR count). The second-order valence-corrected chi connectivity index (χ2v) is 9.66. The zero-order chi connectivity index (χ0) is 18.6. The molecule has 0 radical (unpaired) electrons. The van der Waals surface area contributed by atoms with Gasteiger partial charge in [0, 0.05) is 5.56 Å². The Bertz CT molecular complexity index is 914. The van der Waals surface area contributed by atoms with E-state index in [0.717, 1.165) is 37.2 Å². The van der Waals surface area contributed by atoms with Gasteiger partial charge in [-0.05, 0) is 66.6 Å². The van der Waals surface area contributed by atoms with Crippen molar-refractivity contribution in [3.05, 3.63) is 90.1 Å². The first kappa shape index (κ1) is 18.4. The fourth-order valence-corrected chi connectivity index (χ4v) is 6.47. The molecule has 4 aliphatic carbocycles. The first-order valence-electron chi connectivity index (χ1n) is 9.32. The molecule has 27 heavy (non-hydrogen) atoms. The summed E-state index contributed by atoms with van der Waals surface area (Å²) in [5.41, 5.74) is 5.57. The molecule has 0 aliphatic heterocycles. The molecule has 3 aromatic carbocycles. The average molecular weight is 471 g/mol. The predicted molar refractivity (Wildman–Crippen MR) is 105 cm³/mol. The molecule has 0 N–H and O–H groups in total. The summed E-state index contributed by atoms with van der Waals surface area (Å²) < 4.78 is 14.1. The Kier molecular flexibility index (Phi) is 5.67. The largest absolute Gasteiger partial charge is 0.497 e. The van der Waals surface area contributed by atoms with Gasteiger partial charge in [-0.2, -0.15) is 0 Å². The van der Waals surface area contributed by atoms with Gasteiger partial charge in [-0.15, -0.1) is 0 Å². The Morgan fingerprint density at radius 1 is 0.630 bits per heavy atom. The van der Waals surface area contributed by atoms with Gasteiger partial charge in [0.2, 0.25) is 3.57 Å². The highest BCUT2D eigenvalue weighted by molar-refractivity contribution is 5.39. The lowest BCUT2D eigenvalue weighted by molar-refractivity contribution is -0.599. The maximum absolute atomic E-state index is 5.96. The van der Waals surface area contributed by atoms with E-state index >= 15 is 0 Å². The van der Waals surface area contributed by atoms with E-state index in [0.29, 0.717) is 0 Å². The topological polar surface area (TPSA) is 18.5 Å². The van der Waals surface area contributed by atoms with Gasteiger partial charge < -0.3 is 9.47 Å². The minimum atomic E-state index is -0.312. The van der Waals surface area contributed by atoms with Crippen LogP contribution in [0.5, 0.6) is 11.5 Å². The highest BCUT2D eigenvalue weighted by atomic mass is 127. The standard InChI is InChI=1S/C24H24IO2/c1-26-22-15-13-21(14-16-22)25-23-19-9-7-17-3-5-18(6-4-17)8-10-20(12-11-19)24(23)27-2/h3-6,11-16H,7-10H2,1-2H3/q+1. The molecule has 3 heteroatoms. The Labute approximate surface area is 171 Å². The monoisotopic (exact) mass is 471 g/mol. The van der Waals surface area contributed by atoms with E-state index in [9.17, 15) is 0 Å². The quantitative estimate of drug-likeness (QED) is 0.540. The lowest BCUT2D eigenvalue weighted by atomic mass is 9.96. The molecular weight excluding hydrogens is 447 g/mol. The zero-order valence-corrected chi connectivity index (χ0v) is 18.0. The molecule has 0 amide bonds. The van der Waals surface area contributed by atoms with Crippen LogP contribution in [0.25, 0.3) is 0 Å². The molecule has 0 spiro atoms. The molecule has 0 saturated carbocycles. The Balaban J connectivity index is 1.73. The fourth-order valence-electron chi connectivity index (χ4n) is 3.52. The molecule has 0 atom stereocenters. The predicted octanol–water partition coefficient (Wildman–Crippen LogP) is 1.72.